The van der Waals surface area contributed by atoms with Gasteiger partial charge in [-0.2, -0.15) is 0 Å². The first-order valence-electron chi connectivity index (χ1n) is 3.58. The average molecular weight is 238 g/mol. The van der Waals surface area contributed by atoms with E-state index in [1.165, 1.54) is 0 Å². The predicted molar refractivity (Wildman–Crippen MR) is 57.1 cm³/mol. The molecule has 0 heterocycles. The minimum absolute atomic E-state index is 0.0141. The molecule has 0 saturated heterocycles. The summed E-state index contributed by atoms with van der Waals surface area (Å²) in [7, 11) is 0. The molecule has 0 aromatic heterocycles. The second-order valence-electron chi connectivity index (χ2n) is 2.46. The van der Waals surface area contributed by atoms with Gasteiger partial charge < -0.3 is 5.11 Å². The van der Waals surface area contributed by atoms with Crippen LogP contribution in [0.5, 0.6) is 0 Å². The van der Waals surface area contributed by atoms with Crippen molar-refractivity contribution in [1.29, 1.82) is 0 Å². The molecule has 0 fully saturated rings. The summed E-state index contributed by atoms with van der Waals surface area (Å²) < 4.78 is -0.0141. The van der Waals surface area contributed by atoms with Gasteiger partial charge in [0, 0.05) is 12.0 Å². The van der Waals surface area contributed by atoms with Crippen LogP contribution >= 0.6 is 34.8 Å². The molecule has 70 valence electrons. The summed E-state index contributed by atoms with van der Waals surface area (Å²) in [5.41, 5.74) is 0.729. The Kier molecular flexibility index (Phi) is 3.91. The SMILES string of the molecule is OC(CC(Cl)=C(Cl)Cl)=C1C=CC=C1. The maximum Gasteiger partial charge on any atom is 0.121 e. The molecule has 13 heavy (non-hydrogen) atoms. The maximum atomic E-state index is 9.51. The lowest BCUT2D eigenvalue weighted by molar-refractivity contribution is 0.397. The molecule has 0 atom stereocenters. The van der Waals surface area contributed by atoms with Gasteiger partial charge in [0.15, 0.2) is 0 Å². The number of aliphatic hydroxyl groups excluding tert-OH is 1. The highest BCUT2D eigenvalue weighted by molar-refractivity contribution is 6.59. The van der Waals surface area contributed by atoms with Gasteiger partial charge in [0.05, 0.1) is 5.03 Å². The molecular weight excluding hydrogens is 230 g/mol. The second-order valence-corrected chi connectivity index (χ2v) is 3.87. The molecule has 0 unspecified atom stereocenters. The molecule has 0 aromatic carbocycles. The summed E-state index contributed by atoms with van der Waals surface area (Å²) in [6.07, 6.45) is 7.37. The summed E-state index contributed by atoms with van der Waals surface area (Å²) in [6.45, 7) is 0. The van der Waals surface area contributed by atoms with Gasteiger partial charge in [-0.15, -0.1) is 0 Å². The van der Waals surface area contributed by atoms with E-state index in [-0.39, 0.29) is 21.7 Å². The number of hydrogen-bond acceptors (Lipinski definition) is 1. The van der Waals surface area contributed by atoms with E-state index in [0.29, 0.717) is 0 Å². The Morgan fingerprint density at radius 1 is 1.15 bits per heavy atom. The summed E-state index contributed by atoms with van der Waals surface area (Å²) in [5, 5.41) is 9.75. The Labute approximate surface area is 91.6 Å². The zero-order valence-corrected chi connectivity index (χ0v) is 8.87. The molecule has 1 aliphatic carbocycles. The molecule has 1 aliphatic rings. The summed E-state index contributed by atoms with van der Waals surface area (Å²) in [5.74, 6) is 0.161. The fourth-order valence-corrected chi connectivity index (χ4v) is 1.14. The van der Waals surface area contributed by atoms with E-state index < -0.39 is 0 Å². The highest BCUT2D eigenvalue weighted by atomic mass is 35.5. The van der Waals surface area contributed by atoms with Crippen LogP contribution in [0, 0.1) is 0 Å². The number of allylic oxidation sites excluding steroid dienone is 6. The van der Waals surface area contributed by atoms with Crippen LogP contribution < -0.4 is 0 Å². The molecular formula is C9H7Cl3O. The van der Waals surface area contributed by atoms with Gasteiger partial charge >= 0.3 is 0 Å². The Bertz CT molecular complexity index is 306. The van der Waals surface area contributed by atoms with E-state index >= 15 is 0 Å². The molecule has 0 aromatic rings. The van der Waals surface area contributed by atoms with E-state index in [9.17, 15) is 5.11 Å². The first-order chi connectivity index (χ1) is 6.11. The minimum Gasteiger partial charge on any atom is -0.511 e. The van der Waals surface area contributed by atoms with Crippen LogP contribution in [-0.2, 0) is 0 Å². The first kappa shape index (κ1) is 10.7. The van der Waals surface area contributed by atoms with E-state index in [2.05, 4.69) is 0 Å². The highest BCUT2D eigenvalue weighted by Gasteiger charge is 2.06. The molecule has 0 bridgehead atoms. The highest BCUT2D eigenvalue weighted by Crippen LogP contribution is 2.25. The van der Waals surface area contributed by atoms with Gasteiger partial charge in [-0.25, -0.2) is 0 Å². The Hall–Kier alpha value is -0.370. The van der Waals surface area contributed by atoms with E-state index in [1.54, 1.807) is 12.2 Å². The van der Waals surface area contributed by atoms with Crippen LogP contribution in [0.25, 0.3) is 0 Å². The molecule has 0 amide bonds. The maximum absolute atomic E-state index is 9.51. The van der Waals surface area contributed by atoms with Crippen molar-refractivity contribution in [2.75, 3.05) is 0 Å². The number of aliphatic hydroxyl groups is 1. The van der Waals surface area contributed by atoms with Gasteiger partial charge in [-0.1, -0.05) is 59.1 Å². The van der Waals surface area contributed by atoms with Crippen LogP contribution in [0.15, 0.2) is 45.2 Å². The zero-order valence-electron chi connectivity index (χ0n) is 6.60. The fraction of sp³-hybridized carbons (Fsp3) is 0.111. The lowest BCUT2D eigenvalue weighted by atomic mass is 10.2. The van der Waals surface area contributed by atoms with Crippen LogP contribution in [0.3, 0.4) is 0 Å². The quantitative estimate of drug-likeness (QED) is 0.714. The zero-order chi connectivity index (χ0) is 9.84. The van der Waals surface area contributed by atoms with Crippen LogP contribution in [0.1, 0.15) is 6.42 Å². The predicted octanol–water partition coefficient (Wildman–Crippen LogP) is 4.20. The molecule has 1 rings (SSSR count). The number of rotatable bonds is 2. The lowest BCUT2D eigenvalue weighted by Gasteiger charge is -2.01. The lowest BCUT2D eigenvalue weighted by Crippen LogP contribution is -1.86. The van der Waals surface area contributed by atoms with Gasteiger partial charge in [0.2, 0.25) is 0 Å². The first-order valence-corrected chi connectivity index (χ1v) is 4.71. The average Bonchev–Trinajstić information content (AvgIpc) is 2.55. The van der Waals surface area contributed by atoms with Gasteiger partial charge in [-0.05, 0) is 0 Å². The molecule has 1 N–H and O–H groups in total. The Balaban J connectivity index is 2.76. The van der Waals surface area contributed by atoms with Crippen molar-refractivity contribution in [3.63, 3.8) is 0 Å². The minimum atomic E-state index is -0.0141. The van der Waals surface area contributed by atoms with Crippen LogP contribution in [-0.4, -0.2) is 5.11 Å². The normalized spacial score (nSPS) is 13.6. The van der Waals surface area contributed by atoms with Gasteiger partial charge in [0.25, 0.3) is 0 Å². The number of hydrogen-bond donors (Lipinski definition) is 1. The van der Waals surface area contributed by atoms with Crippen molar-refractivity contribution >= 4 is 34.8 Å². The van der Waals surface area contributed by atoms with Crippen molar-refractivity contribution < 1.29 is 5.11 Å². The topological polar surface area (TPSA) is 20.2 Å². The monoisotopic (exact) mass is 236 g/mol. The molecule has 0 spiro atoms. The van der Waals surface area contributed by atoms with Crippen molar-refractivity contribution in [3.05, 3.63) is 45.2 Å². The van der Waals surface area contributed by atoms with Crippen molar-refractivity contribution in [3.8, 4) is 0 Å². The molecule has 0 aliphatic heterocycles. The van der Waals surface area contributed by atoms with Crippen LogP contribution in [0.2, 0.25) is 0 Å². The molecule has 1 nitrogen and oxygen atoms in total. The fourth-order valence-electron chi connectivity index (χ4n) is 0.882. The molecule has 4 heteroatoms. The van der Waals surface area contributed by atoms with Gasteiger partial charge in [-0.3, -0.25) is 0 Å². The smallest absolute Gasteiger partial charge is 0.121 e. The summed E-state index contributed by atoms with van der Waals surface area (Å²) >= 11 is 16.5. The standard InChI is InChI=1S/C9H7Cl3O/c10-7(9(11)12)5-8(13)6-3-1-2-4-6/h1-4,13H,5H2. The molecule has 0 radical (unpaired) electrons. The largest absolute Gasteiger partial charge is 0.511 e. The second kappa shape index (κ2) is 4.75. The van der Waals surface area contributed by atoms with Crippen molar-refractivity contribution in [2.24, 2.45) is 0 Å². The van der Waals surface area contributed by atoms with Crippen molar-refractivity contribution in [1.82, 2.24) is 0 Å². The van der Waals surface area contributed by atoms with Gasteiger partial charge in [0.1, 0.15) is 10.3 Å². The Morgan fingerprint density at radius 3 is 2.15 bits per heavy atom. The third kappa shape index (κ3) is 3.11. The third-order valence-corrected chi connectivity index (χ3v) is 2.50. The summed E-state index contributed by atoms with van der Waals surface area (Å²) in [6, 6.07) is 0. The van der Waals surface area contributed by atoms with E-state index in [4.69, 9.17) is 34.8 Å². The van der Waals surface area contributed by atoms with Crippen molar-refractivity contribution in [2.45, 2.75) is 6.42 Å². The number of halogens is 3. The Morgan fingerprint density at radius 2 is 1.69 bits per heavy atom. The third-order valence-electron chi connectivity index (χ3n) is 1.52. The molecule has 0 saturated carbocycles. The van der Waals surface area contributed by atoms with E-state index in [1.807, 2.05) is 12.2 Å². The van der Waals surface area contributed by atoms with Crippen LogP contribution in [0.4, 0.5) is 0 Å². The van der Waals surface area contributed by atoms with E-state index in [0.717, 1.165) is 5.57 Å². The summed E-state index contributed by atoms with van der Waals surface area (Å²) in [4.78, 5) is 0.